The fraction of sp³-hybridized carbons (Fsp3) is 0.962. The predicted molar refractivity (Wildman–Crippen MR) is 118 cm³/mol. The van der Waals surface area contributed by atoms with Crippen LogP contribution in [0.3, 0.4) is 0 Å². The monoisotopic (exact) mass is 420 g/mol. The lowest BCUT2D eigenvalue weighted by atomic mass is 9.41. The van der Waals surface area contributed by atoms with Crippen LogP contribution in [0.15, 0.2) is 0 Å². The summed E-state index contributed by atoms with van der Waals surface area (Å²) in [5, 5.41) is 31.3. The van der Waals surface area contributed by atoms with Gasteiger partial charge in [0.05, 0.1) is 12.2 Å². The van der Waals surface area contributed by atoms with Crippen molar-refractivity contribution >= 4 is 5.97 Å². The standard InChI is InChI=1S/C26H44O4/c1-5-17-21-14-16(27)10-12-26(21,4)20-11-13-25(3)18(15(2)6-9-22(28)29)7-8-19(25)23(20)24(17)30/h15-21,23-24,27,30H,5-14H2,1-4H3,(H,28,29)/t15?,16-,17-,18-,19+,20+,21?,23+,24-,25-,26-/m1/s1. The number of hydrogen-bond acceptors (Lipinski definition) is 3. The smallest absolute Gasteiger partial charge is 0.303 e. The molecule has 0 aromatic rings. The Morgan fingerprint density at radius 3 is 2.33 bits per heavy atom. The van der Waals surface area contributed by atoms with Crippen LogP contribution in [-0.4, -0.2) is 33.5 Å². The minimum Gasteiger partial charge on any atom is -0.481 e. The molecule has 0 aliphatic heterocycles. The van der Waals surface area contributed by atoms with E-state index in [1.807, 2.05) is 0 Å². The van der Waals surface area contributed by atoms with E-state index in [0.29, 0.717) is 41.4 Å². The lowest BCUT2D eigenvalue weighted by molar-refractivity contribution is -0.203. The van der Waals surface area contributed by atoms with Crippen molar-refractivity contribution in [2.75, 3.05) is 0 Å². The highest BCUT2D eigenvalue weighted by Crippen LogP contribution is 2.69. The number of carboxylic acids is 1. The molecular weight excluding hydrogens is 376 g/mol. The van der Waals surface area contributed by atoms with E-state index >= 15 is 0 Å². The quantitative estimate of drug-likeness (QED) is 0.577. The Hall–Kier alpha value is -0.610. The molecule has 4 aliphatic carbocycles. The molecule has 0 bridgehead atoms. The number of aliphatic carboxylic acids is 1. The van der Waals surface area contributed by atoms with Crippen molar-refractivity contribution in [2.45, 2.75) is 104 Å². The molecule has 4 rings (SSSR count). The second kappa shape index (κ2) is 8.06. The van der Waals surface area contributed by atoms with Crippen LogP contribution in [-0.2, 0) is 4.79 Å². The Morgan fingerprint density at radius 2 is 1.67 bits per heavy atom. The molecule has 0 spiro atoms. The first-order valence-corrected chi connectivity index (χ1v) is 12.7. The molecule has 4 saturated carbocycles. The number of hydrogen-bond donors (Lipinski definition) is 3. The summed E-state index contributed by atoms with van der Waals surface area (Å²) in [5.74, 6) is 2.58. The molecule has 0 aromatic carbocycles. The molecule has 0 heterocycles. The summed E-state index contributed by atoms with van der Waals surface area (Å²) in [5.41, 5.74) is 0.480. The van der Waals surface area contributed by atoms with Crippen LogP contribution in [0.5, 0.6) is 0 Å². The molecule has 0 saturated heterocycles. The summed E-state index contributed by atoms with van der Waals surface area (Å²) >= 11 is 0. The van der Waals surface area contributed by atoms with Gasteiger partial charge in [-0.3, -0.25) is 4.79 Å². The zero-order chi connectivity index (χ0) is 21.8. The Morgan fingerprint density at radius 1 is 1.00 bits per heavy atom. The topological polar surface area (TPSA) is 77.8 Å². The molecule has 4 fully saturated rings. The molecule has 0 aromatic heterocycles. The van der Waals surface area contributed by atoms with Crippen LogP contribution in [0.2, 0.25) is 0 Å². The normalized spacial score (nSPS) is 51.5. The van der Waals surface area contributed by atoms with Gasteiger partial charge >= 0.3 is 5.97 Å². The average Bonchev–Trinajstić information content (AvgIpc) is 3.05. The van der Waals surface area contributed by atoms with Crippen LogP contribution in [0.25, 0.3) is 0 Å². The summed E-state index contributed by atoms with van der Waals surface area (Å²) < 4.78 is 0. The Labute approximate surface area is 182 Å². The average molecular weight is 421 g/mol. The van der Waals surface area contributed by atoms with Crippen LogP contribution >= 0.6 is 0 Å². The molecule has 4 nitrogen and oxygen atoms in total. The number of carbonyl (C=O) groups is 1. The minimum absolute atomic E-state index is 0.194. The highest BCUT2D eigenvalue weighted by Gasteiger charge is 2.64. The molecule has 0 amide bonds. The van der Waals surface area contributed by atoms with Crippen LogP contribution < -0.4 is 0 Å². The second-order valence-electron chi connectivity index (χ2n) is 12.0. The largest absolute Gasteiger partial charge is 0.481 e. The Bertz CT molecular complexity index is 649. The molecule has 4 heteroatoms. The zero-order valence-electron chi connectivity index (χ0n) is 19.5. The summed E-state index contributed by atoms with van der Waals surface area (Å²) in [6, 6.07) is 0. The van der Waals surface area contributed by atoms with Gasteiger partial charge < -0.3 is 15.3 Å². The summed E-state index contributed by atoms with van der Waals surface area (Å²) in [7, 11) is 0. The molecule has 4 aliphatic rings. The SMILES string of the molecule is CC[C@@H]1C2C[C@H](O)CC[C@]2(C)[C@H]2CC[C@]3(C)[C@@H](C(C)CCC(=O)O)CC[C@H]3[C@@H]2[C@@H]1O. The maximum atomic E-state index is 11.7. The maximum Gasteiger partial charge on any atom is 0.303 e. The fourth-order valence-electron chi connectivity index (χ4n) is 9.48. The third-order valence-corrected chi connectivity index (χ3v) is 11.0. The Kier molecular flexibility index (Phi) is 6.07. The van der Waals surface area contributed by atoms with Crippen molar-refractivity contribution < 1.29 is 20.1 Å². The third-order valence-electron chi connectivity index (χ3n) is 11.0. The van der Waals surface area contributed by atoms with Gasteiger partial charge in [0.15, 0.2) is 0 Å². The van der Waals surface area contributed by atoms with Gasteiger partial charge in [0, 0.05) is 6.42 Å². The van der Waals surface area contributed by atoms with E-state index in [4.69, 9.17) is 5.11 Å². The predicted octanol–water partition coefficient (Wildman–Crippen LogP) is 5.11. The van der Waals surface area contributed by atoms with E-state index in [1.165, 1.54) is 25.7 Å². The first-order chi connectivity index (χ1) is 14.1. The number of rotatable bonds is 5. The van der Waals surface area contributed by atoms with E-state index < -0.39 is 5.97 Å². The van der Waals surface area contributed by atoms with Crippen LogP contribution in [0.4, 0.5) is 0 Å². The molecule has 3 N–H and O–H groups in total. The number of carboxylic acid groups (broad SMARTS) is 1. The van der Waals surface area contributed by atoms with E-state index in [1.54, 1.807) is 0 Å². The van der Waals surface area contributed by atoms with Crippen LogP contribution in [0.1, 0.15) is 91.9 Å². The number of fused-ring (bicyclic) bond motifs is 5. The molecular formula is C26H44O4. The van der Waals surface area contributed by atoms with Gasteiger partial charge in [-0.1, -0.05) is 34.1 Å². The highest BCUT2D eigenvalue weighted by atomic mass is 16.4. The zero-order valence-corrected chi connectivity index (χ0v) is 19.5. The molecule has 172 valence electrons. The summed E-state index contributed by atoms with van der Waals surface area (Å²) in [4.78, 5) is 11.1. The van der Waals surface area contributed by atoms with Gasteiger partial charge in [-0.05, 0) is 104 Å². The highest BCUT2D eigenvalue weighted by molar-refractivity contribution is 5.66. The lowest BCUT2D eigenvalue weighted by Gasteiger charge is -2.64. The first kappa shape index (κ1) is 22.6. The van der Waals surface area contributed by atoms with E-state index in [-0.39, 0.29) is 29.5 Å². The Balaban J connectivity index is 1.61. The van der Waals surface area contributed by atoms with Gasteiger partial charge in [0.2, 0.25) is 0 Å². The van der Waals surface area contributed by atoms with Crippen molar-refractivity contribution in [1.29, 1.82) is 0 Å². The van der Waals surface area contributed by atoms with Crippen molar-refractivity contribution in [1.82, 2.24) is 0 Å². The number of aliphatic hydroxyl groups is 2. The van der Waals surface area contributed by atoms with Crippen molar-refractivity contribution in [3.8, 4) is 0 Å². The van der Waals surface area contributed by atoms with Gasteiger partial charge in [0.25, 0.3) is 0 Å². The fourth-order valence-corrected chi connectivity index (χ4v) is 9.48. The summed E-state index contributed by atoms with van der Waals surface area (Å²) in [6.45, 7) is 9.44. The van der Waals surface area contributed by atoms with Gasteiger partial charge in [-0.2, -0.15) is 0 Å². The van der Waals surface area contributed by atoms with E-state index in [9.17, 15) is 15.0 Å². The van der Waals surface area contributed by atoms with Gasteiger partial charge in [0.1, 0.15) is 0 Å². The molecule has 2 unspecified atom stereocenters. The first-order valence-electron chi connectivity index (χ1n) is 12.7. The van der Waals surface area contributed by atoms with Crippen LogP contribution in [0, 0.1) is 52.3 Å². The van der Waals surface area contributed by atoms with Crippen molar-refractivity contribution in [3.05, 3.63) is 0 Å². The third kappa shape index (κ3) is 3.36. The van der Waals surface area contributed by atoms with Crippen molar-refractivity contribution in [3.63, 3.8) is 0 Å². The van der Waals surface area contributed by atoms with Crippen molar-refractivity contribution in [2.24, 2.45) is 52.3 Å². The van der Waals surface area contributed by atoms with E-state index in [0.717, 1.165) is 32.1 Å². The minimum atomic E-state index is -0.683. The molecule has 30 heavy (non-hydrogen) atoms. The molecule has 0 radical (unpaired) electrons. The van der Waals surface area contributed by atoms with Gasteiger partial charge in [-0.25, -0.2) is 0 Å². The second-order valence-corrected chi connectivity index (χ2v) is 12.0. The molecule has 11 atom stereocenters. The van der Waals surface area contributed by atoms with Gasteiger partial charge in [-0.15, -0.1) is 0 Å². The lowest BCUT2D eigenvalue weighted by Crippen LogP contribution is -2.62. The summed E-state index contributed by atoms with van der Waals surface area (Å²) in [6.07, 6.45) is 9.27. The maximum absolute atomic E-state index is 11.7. The number of aliphatic hydroxyl groups excluding tert-OH is 2. The van der Waals surface area contributed by atoms with E-state index in [2.05, 4.69) is 27.7 Å².